The summed E-state index contributed by atoms with van der Waals surface area (Å²) >= 11 is 11.6. The summed E-state index contributed by atoms with van der Waals surface area (Å²) in [6.07, 6.45) is 0. The van der Waals surface area contributed by atoms with Gasteiger partial charge in [0.1, 0.15) is 0 Å². The fourth-order valence-electron chi connectivity index (χ4n) is 2.38. The van der Waals surface area contributed by atoms with E-state index in [0.29, 0.717) is 30.5 Å². The van der Waals surface area contributed by atoms with Crippen molar-refractivity contribution in [3.63, 3.8) is 0 Å². The Morgan fingerprint density at radius 2 is 1.65 bits per heavy atom. The van der Waals surface area contributed by atoms with Crippen LogP contribution in [0.1, 0.15) is 0 Å². The Morgan fingerprint density at radius 3 is 2.31 bits per heavy atom. The van der Waals surface area contributed by atoms with Crippen molar-refractivity contribution >= 4 is 51.7 Å². The highest BCUT2D eigenvalue weighted by Gasteiger charge is 2.07. The average Bonchev–Trinajstić information content (AvgIpc) is 3.03. The van der Waals surface area contributed by atoms with Gasteiger partial charge in [-0.05, 0) is 24.3 Å². The van der Waals surface area contributed by atoms with Gasteiger partial charge in [0, 0.05) is 30.5 Å². The minimum absolute atomic E-state index is 0.113. The molecule has 0 fully saturated rings. The normalized spacial score (nSPS) is 11.5. The highest BCUT2D eigenvalue weighted by molar-refractivity contribution is 6.18. The van der Waals surface area contributed by atoms with E-state index in [-0.39, 0.29) is 17.1 Å². The topological polar surface area (TPSA) is 122 Å². The molecule has 1 aromatic carbocycles. The Bertz CT molecular complexity index is 1020. The number of aromatic nitrogens is 4. The lowest BCUT2D eigenvalue weighted by molar-refractivity contribution is 0.874. The lowest BCUT2D eigenvalue weighted by Gasteiger charge is -2.22. The van der Waals surface area contributed by atoms with E-state index in [0.717, 1.165) is 5.69 Å². The summed E-state index contributed by atoms with van der Waals surface area (Å²) in [7, 11) is 0. The fourth-order valence-corrected chi connectivity index (χ4v) is 2.78. The number of hydrogen-bond acceptors (Lipinski definition) is 6. The molecule has 0 radical (unpaired) electrons. The van der Waals surface area contributed by atoms with E-state index in [4.69, 9.17) is 23.2 Å². The molecule has 0 saturated carbocycles. The van der Waals surface area contributed by atoms with Crippen molar-refractivity contribution in [1.29, 1.82) is 0 Å². The zero-order valence-corrected chi connectivity index (χ0v) is 15.0. The molecule has 0 spiro atoms. The van der Waals surface area contributed by atoms with Gasteiger partial charge in [-0.25, -0.2) is 4.79 Å². The van der Waals surface area contributed by atoms with Crippen LogP contribution in [0.5, 0.6) is 0 Å². The Labute approximate surface area is 157 Å². The summed E-state index contributed by atoms with van der Waals surface area (Å²) in [5, 5.41) is 8.03. The van der Waals surface area contributed by atoms with Crippen LogP contribution in [0.4, 0.5) is 17.3 Å². The zero-order chi connectivity index (χ0) is 18.5. The van der Waals surface area contributed by atoms with E-state index in [2.05, 4.69) is 35.1 Å². The van der Waals surface area contributed by atoms with Crippen molar-refractivity contribution < 1.29 is 0 Å². The van der Waals surface area contributed by atoms with Crippen molar-refractivity contribution in [2.24, 2.45) is 10.2 Å². The van der Waals surface area contributed by atoms with Gasteiger partial charge in [0.05, 0.1) is 5.69 Å². The van der Waals surface area contributed by atoms with Crippen LogP contribution >= 0.6 is 23.2 Å². The third-order valence-corrected chi connectivity index (χ3v) is 3.90. The number of nitrogens with one attached hydrogen (secondary N) is 3. The number of alkyl halides is 2. The molecule has 3 rings (SSSR count). The number of fused-ring (bicyclic) bond motifs is 1. The Balaban J connectivity index is 1.79. The molecule has 26 heavy (non-hydrogen) atoms. The third-order valence-electron chi connectivity index (χ3n) is 3.56. The van der Waals surface area contributed by atoms with Gasteiger partial charge in [0.2, 0.25) is 5.95 Å². The van der Waals surface area contributed by atoms with Crippen LogP contribution in [-0.4, -0.2) is 44.8 Å². The number of rotatable bonds is 7. The van der Waals surface area contributed by atoms with Gasteiger partial charge in [-0.2, -0.15) is 4.98 Å². The number of nitrogens with zero attached hydrogens (tertiary/aromatic N) is 4. The first-order valence-corrected chi connectivity index (χ1v) is 8.78. The number of halogens is 2. The maximum Gasteiger partial charge on any atom is 0.327 e. The van der Waals surface area contributed by atoms with Gasteiger partial charge < -0.3 is 9.88 Å². The number of H-pyrrole nitrogens is 3. The van der Waals surface area contributed by atoms with E-state index in [1.807, 2.05) is 12.1 Å². The smallest absolute Gasteiger partial charge is 0.327 e. The first-order chi connectivity index (χ1) is 12.6. The second-order valence-corrected chi connectivity index (χ2v) is 6.03. The molecule has 0 aliphatic rings. The monoisotopic (exact) mass is 395 g/mol. The molecule has 3 N–H and O–H groups in total. The van der Waals surface area contributed by atoms with Crippen LogP contribution in [0, 0.1) is 0 Å². The summed E-state index contributed by atoms with van der Waals surface area (Å²) in [5.74, 6) is 1.12. The van der Waals surface area contributed by atoms with E-state index in [1.54, 1.807) is 12.1 Å². The minimum Gasteiger partial charge on any atom is -0.369 e. The van der Waals surface area contributed by atoms with Gasteiger partial charge in [0.15, 0.2) is 11.2 Å². The molecule has 0 aliphatic carbocycles. The molecule has 9 nitrogen and oxygen atoms in total. The molecule has 0 amide bonds. The highest BCUT2D eigenvalue weighted by Crippen LogP contribution is 2.22. The van der Waals surface area contributed by atoms with Crippen molar-refractivity contribution in [2.75, 3.05) is 29.7 Å². The van der Waals surface area contributed by atoms with Crippen LogP contribution in [-0.2, 0) is 0 Å². The van der Waals surface area contributed by atoms with Crippen LogP contribution in [0.3, 0.4) is 0 Å². The lowest BCUT2D eigenvalue weighted by Crippen LogP contribution is -2.27. The average molecular weight is 396 g/mol. The van der Waals surface area contributed by atoms with E-state index in [1.165, 1.54) is 0 Å². The zero-order valence-electron chi connectivity index (χ0n) is 13.5. The number of anilines is 1. The summed E-state index contributed by atoms with van der Waals surface area (Å²) in [4.78, 5) is 36.2. The van der Waals surface area contributed by atoms with Gasteiger partial charge >= 0.3 is 5.69 Å². The second kappa shape index (κ2) is 8.15. The third kappa shape index (κ3) is 4.12. The maximum atomic E-state index is 11.7. The van der Waals surface area contributed by atoms with E-state index < -0.39 is 11.2 Å². The molecule has 0 unspecified atom stereocenters. The number of imidazole rings is 1. The first-order valence-electron chi connectivity index (χ1n) is 7.71. The van der Waals surface area contributed by atoms with Crippen molar-refractivity contribution in [2.45, 2.75) is 0 Å². The van der Waals surface area contributed by atoms with Gasteiger partial charge in [-0.1, -0.05) is 0 Å². The van der Waals surface area contributed by atoms with Crippen LogP contribution < -0.4 is 16.1 Å². The summed E-state index contributed by atoms with van der Waals surface area (Å²) < 4.78 is 0. The molecule has 2 aromatic heterocycles. The Kier molecular flexibility index (Phi) is 5.69. The number of azo groups is 1. The highest BCUT2D eigenvalue weighted by atomic mass is 35.5. The summed E-state index contributed by atoms with van der Waals surface area (Å²) in [6.45, 7) is 1.39. The predicted octanol–water partition coefficient (Wildman–Crippen LogP) is 2.64. The molecule has 11 heteroatoms. The summed E-state index contributed by atoms with van der Waals surface area (Å²) in [6, 6.07) is 7.39. The minimum atomic E-state index is -0.633. The Hall–Kier alpha value is -2.65. The molecular formula is C15H15Cl2N7O2. The second-order valence-electron chi connectivity index (χ2n) is 5.27. The fraction of sp³-hybridized carbons (Fsp3) is 0.267. The van der Waals surface area contributed by atoms with Crippen LogP contribution in [0.2, 0.25) is 0 Å². The molecular weight excluding hydrogens is 381 g/mol. The molecule has 0 bridgehead atoms. The Morgan fingerprint density at radius 1 is 0.962 bits per heavy atom. The van der Waals surface area contributed by atoms with E-state index in [9.17, 15) is 9.59 Å². The molecule has 3 aromatic rings. The van der Waals surface area contributed by atoms with Gasteiger partial charge in [0.25, 0.3) is 5.56 Å². The number of aromatic amines is 3. The molecule has 0 aliphatic heterocycles. The number of hydrogen-bond donors (Lipinski definition) is 3. The number of benzene rings is 1. The molecule has 136 valence electrons. The first kappa shape index (κ1) is 18.2. The standard InChI is InChI=1S/C15H15Cl2N7O2/c16-5-7-24(8-6-17)10-3-1-9(2-4-10)22-23-14-18-11-12(19-14)20-15(26)21-13(11)25/h1-4H,5-8H2,(H3,18,19,20,21,25,26). The van der Waals surface area contributed by atoms with Crippen molar-refractivity contribution in [1.82, 2.24) is 19.9 Å². The van der Waals surface area contributed by atoms with Crippen molar-refractivity contribution in [3.05, 3.63) is 45.1 Å². The maximum absolute atomic E-state index is 11.7. The molecule has 0 atom stereocenters. The van der Waals surface area contributed by atoms with Crippen molar-refractivity contribution in [3.8, 4) is 0 Å². The van der Waals surface area contributed by atoms with Gasteiger partial charge in [-0.3, -0.25) is 14.8 Å². The lowest BCUT2D eigenvalue weighted by atomic mass is 10.2. The quantitative estimate of drug-likeness (QED) is 0.420. The molecule has 2 heterocycles. The SMILES string of the molecule is O=c1[nH]c(=O)c2[nH]c(N=Nc3ccc(N(CCCl)CCCl)cc3)nc2[nH]1. The van der Waals surface area contributed by atoms with Gasteiger partial charge in [-0.15, -0.1) is 33.4 Å². The van der Waals surface area contributed by atoms with Crippen LogP contribution in [0.15, 0.2) is 44.1 Å². The van der Waals surface area contributed by atoms with E-state index >= 15 is 0 Å². The largest absolute Gasteiger partial charge is 0.369 e. The van der Waals surface area contributed by atoms with Crippen LogP contribution in [0.25, 0.3) is 11.2 Å². The molecule has 0 saturated heterocycles. The summed E-state index contributed by atoms with van der Waals surface area (Å²) in [5.41, 5.74) is 0.645. The predicted molar refractivity (Wildman–Crippen MR) is 102 cm³/mol.